The molecule has 0 radical (unpaired) electrons. The summed E-state index contributed by atoms with van der Waals surface area (Å²) in [4.78, 5) is 19.8. The predicted octanol–water partition coefficient (Wildman–Crippen LogP) is 2.47. The summed E-state index contributed by atoms with van der Waals surface area (Å²) in [5.74, 6) is -0.182. The van der Waals surface area contributed by atoms with E-state index >= 15 is 0 Å². The molecule has 1 aliphatic heterocycles. The lowest BCUT2D eigenvalue weighted by molar-refractivity contribution is -0.0494. The Hall–Kier alpha value is -4.54. The van der Waals surface area contributed by atoms with Gasteiger partial charge in [-0.15, -0.1) is 5.10 Å². The number of nitrogens with one attached hydrogen (secondary N) is 1. The number of ether oxygens (including phenoxy) is 2. The van der Waals surface area contributed by atoms with Crippen LogP contribution in [0.2, 0.25) is 5.02 Å². The number of rotatable bonds is 10. The molecule has 218 valence electrons. The minimum Gasteiger partial charge on any atom is -0.434 e. The van der Waals surface area contributed by atoms with Gasteiger partial charge < -0.3 is 14.8 Å². The SMILES string of the molecule is O=C(Nc1cn(Cc2nnnn2CCN2CCOCC2)nc1-c1cc(Cl)ccc1OC(F)F)c1cnn2cccnc12. The van der Waals surface area contributed by atoms with Gasteiger partial charge in [0, 0.05) is 48.8 Å². The highest BCUT2D eigenvalue weighted by Crippen LogP contribution is 2.37. The van der Waals surface area contributed by atoms with Crippen LogP contribution >= 0.6 is 11.6 Å². The van der Waals surface area contributed by atoms with Crippen LogP contribution in [-0.2, 0) is 17.8 Å². The van der Waals surface area contributed by atoms with Gasteiger partial charge in [-0.1, -0.05) is 11.6 Å². The summed E-state index contributed by atoms with van der Waals surface area (Å²) >= 11 is 6.22. The Balaban J connectivity index is 1.32. The van der Waals surface area contributed by atoms with Crippen molar-refractivity contribution in [1.29, 1.82) is 0 Å². The van der Waals surface area contributed by atoms with E-state index in [1.165, 1.54) is 33.6 Å². The third-order valence-electron chi connectivity index (χ3n) is 6.59. The zero-order chi connectivity index (χ0) is 29.1. The first-order valence-electron chi connectivity index (χ1n) is 12.9. The summed E-state index contributed by atoms with van der Waals surface area (Å²) in [6.07, 6.45) is 6.14. The monoisotopic (exact) mass is 599 g/mol. The molecule has 5 heterocycles. The summed E-state index contributed by atoms with van der Waals surface area (Å²) in [7, 11) is 0. The van der Waals surface area contributed by atoms with Crippen LogP contribution in [0.3, 0.4) is 0 Å². The summed E-state index contributed by atoms with van der Waals surface area (Å²) in [5, 5.41) is 23.9. The van der Waals surface area contributed by atoms with E-state index in [2.05, 4.69) is 40.9 Å². The number of anilines is 1. The van der Waals surface area contributed by atoms with Gasteiger partial charge in [-0.05, 0) is 34.7 Å². The van der Waals surface area contributed by atoms with Gasteiger partial charge in [0.05, 0.1) is 31.6 Å². The van der Waals surface area contributed by atoms with Gasteiger partial charge in [0.1, 0.15) is 23.6 Å². The number of fused-ring (bicyclic) bond motifs is 1. The molecule has 1 fully saturated rings. The van der Waals surface area contributed by atoms with E-state index in [0.29, 0.717) is 31.2 Å². The topological polar surface area (TPSA) is 142 Å². The molecule has 4 aromatic heterocycles. The molecule has 0 aliphatic carbocycles. The van der Waals surface area contributed by atoms with E-state index in [1.807, 2.05) is 0 Å². The second kappa shape index (κ2) is 12.1. The molecule has 6 rings (SSSR count). The largest absolute Gasteiger partial charge is 0.434 e. The number of benzene rings is 1. The molecule has 1 amide bonds. The van der Waals surface area contributed by atoms with Crippen LogP contribution in [0.1, 0.15) is 16.2 Å². The van der Waals surface area contributed by atoms with Crippen LogP contribution in [-0.4, -0.2) is 94.9 Å². The van der Waals surface area contributed by atoms with Crippen molar-refractivity contribution in [3.05, 3.63) is 65.5 Å². The van der Waals surface area contributed by atoms with Crippen molar-refractivity contribution < 1.29 is 23.0 Å². The van der Waals surface area contributed by atoms with E-state index < -0.39 is 12.5 Å². The number of alkyl halides is 2. The summed E-state index contributed by atoms with van der Waals surface area (Å²) in [6.45, 7) is 1.33. The number of nitrogens with zero attached hydrogens (tertiary/aromatic N) is 10. The first-order valence-corrected chi connectivity index (χ1v) is 13.3. The quantitative estimate of drug-likeness (QED) is 0.254. The Bertz CT molecular complexity index is 1700. The molecule has 0 atom stereocenters. The standard InChI is InChI=1S/C25H24ClF2N11O3/c26-16-2-3-20(42-25(27)28)17(12-16)22-19(31-24(40)18-13-30-39-5-1-4-29-23(18)39)14-37(33-22)15-21-32-34-35-38(21)7-6-36-8-10-41-11-9-36/h1-5,12-14,25H,6-11,15H2,(H,31,40). The molecule has 14 nitrogen and oxygen atoms in total. The molecule has 0 unspecified atom stereocenters. The Labute approximate surface area is 241 Å². The van der Waals surface area contributed by atoms with Crippen LogP contribution in [0.4, 0.5) is 14.5 Å². The van der Waals surface area contributed by atoms with Crippen molar-refractivity contribution in [2.75, 3.05) is 38.2 Å². The lowest BCUT2D eigenvalue weighted by atomic mass is 10.1. The Morgan fingerprint density at radius 1 is 1.21 bits per heavy atom. The zero-order valence-corrected chi connectivity index (χ0v) is 22.7. The average Bonchev–Trinajstić information content (AvgIpc) is 3.72. The molecule has 0 bridgehead atoms. The van der Waals surface area contributed by atoms with Crippen LogP contribution < -0.4 is 10.1 Å². The maximum absolute atomic E-state index is 13.3. The number of amides is 1. The maximum Gasteiger partial charge on any atom is 0.387 e. The number of carbonyl (C=O) groups is 1. The number of morpholine rings is 1. The molecule has 42 heavy (non-hydrogen) atoms. The molecule has 0 saturated carbocycles. The first kappa shape index (κ1) is 27.6. The Morgan fingerprint density at radius 3 is 2.90 bits per heavy atom. The molecule has 1 saturated heterocycles. The minimum atomic E-state index is -3.09. The molecule has 0 spiro atoms. The number of hydrogen-bond acceptors (Lipinski definition) is 10. The van der Waals surface area contributed by atoms with Gasteiger partial charge >= 0.3 is 6.61 Å². The fourth-order valence-electron chi connectivity index (χ4n) is 4.57. The van der Waals surface area contributed by atoms with E-state index in [1.54, 1.807) is 29.3 Å². The van der Waals surface area contributed by atoms with Crippen molar-refractivity contribution in [3.8, 4) is 17.0 Å². The third kappa shape index (κ3) is 6.05. The Morgan fingerprint density at radius 2 is 2.07 bits per heavy atom. The van der Waals surface area contributed by atoms with Crippen molar-refractivity contribution in [1.82, 2.24) is 49.5 Å². The summed E-state index contributed by atoms with van der Waals surface area (Å²) < 4.78 is 41.3. The minimum absolute atomic E-state index is 0.128. The first-order chi connectivity index (χ1) is 20.4. The van der Waals surface area contributed by atoms with Crippen LogP contribution in [0, 0.1) is 0 Å². The van der Waals surface area contributed by atoms with Gasteiger partial charge in [0.25, 0.3) is 5.91 Å². The van der Waals surface area contributed by atoms with Crippen molar-refractivity contribution in [2.24, 2.45) is 0 Å². The molecule has 1 aliphatic rings. The van der Waals surface area contributed by atoms with Gasteiger partial charge in [0.2, 0.25) is 0 Å². The number of carbonyl (C=O) groups excluding carboxylic acids is 1. The van der Waals surface area contributed by atoms with E-state index in [0.717, 1.165) is 19.6 Å². The summed E-state index contributed by atoms with van der Waals surface area (Å²) in [6, 6.07) is 5.86. The van der Waals surface area contributed by atoms with Crippen molar-refractivity contribution in [2.45, 2.75) is 19.7 Å². The Kier molecular flexibility index (Phi) is 7.98. The smallest absolute Gasteiger partial charge is 0.387 e. The second-order valence-corrected chi connectivity index (χ2v) is 9.72. The van der Waals surface area contributed by atoms with Gasteiger partial charge in [-0.25, -0.2) is 14.2 Å². The average molecular weight is 600 g/mol. The number of halogens is 3. The van der Waals surface area contributed by atoms with Crippen molar-refractivity contribution in [3.63, 3.8) is 0 Å². The number of tetrazole rings is 1. The van der Waals surface area contributed by atoms with Crippen LogP contribution in [0.5, 0.6) is 5.75 Å². The van der Waals surface area contributed by atoms with Gasteiger partial charge in [-0.2, -0.15) is 19.0 Å². The molecular weight excluding hydrogens is 576 g/mol. The van der Waals surface area contributed by atoms with E-state index in [-0.39, 0.29) is 39.8 Å². The zero-order valence-electron chi connectivity index (χ0n) is 22.0. The summed E-state index contributed by atoms with van der Waals surface area (Å²) in [5.41, 5.74) is 1.06. The van der Waals surface area contributed by atoms with E-state index in [9.17, 15) is 13.6 Å². The highest BCUT2D eigenvalue weighted by atomic mass is 35.5. The fraction of sp³-hybridized carbons (Fsp3) is 0.320. The van der Waals surface area contributed by atoms with E-state index in [4.69, 9.17) is 21.1 Å². The lowest BCUT2D eigenvalue weighted by Crippen LogP contribution is -2.38. The number of aromatic nitrogens is 9. The van der Waals surface area contributed by atoms with Crippen molar-refractivity contribution >= 4 is 28.8 Å². The normalized spacial score (nSPS) is 14.1. The second-order valence-electron chi connectivity index (χ2n) is 9.28. The maximum atomic E-state index is 13.3. The lowest BCUT2D eigenvalue weighted by Gasteiger charge is -2.26. The van der Waals surface area contributed by atoms with Gasteiger partial charge in [-0.3, -0.25) is 14.4 Å². The van der Waals surface area contributed by atoms with Gasteiger partial charge in [0.15, 0.2) is 11.5 Å². The molecular formula is C25H24ClF2N11O3. The highest BCUT2D eigenvalue weighted by Gasteiger charge is 2.23. The highest BCUT2D eigenvalue weighted by molar-refractivity contribution is 6.31. The molecule has 5 aromatic rings. The van der Waals surface area contributed by atoms with Crippen LogP contribution in [0.25, 0.3) is 16.9 Å². The van der Waals surface area contributed by atoms with Crippen LogP contribution in [0.15, 0.2) is 49.1 Å². The third-order valence-corrected chi connectivity index (χ3v) is 6.82. The molecule has 1 N–H and O–H groups in total. The molecule has 1 aromatic carbocycles. The number of hydrogen-bond donors (Lipinski definition) is 1. The predicted molar refractivity (Wildman–Crippen MR) is 144 cm³/mol. The fourth-order valence-corrected chi connectivity index (χ4v) is 4.74. The molecule has 17 heteroatoms.